The molecule has 0 unspecified atom stereocenters. The topological polar surface area (TPSA) is 68.0 Å². The molecule has 0 atom stereocenters. The first kappa shape index (κ1) is 13.5. The second-order valence-corrected chi connectivity index (χ2v) is 5.03. The number of aromatic carboxylic acids is 1. The predicted molar refractivity (Wildman–Crippen MR) is 72.2 cm³/mol. The number of rotatable bonds is 3. The maximum absolute atomic E-state index is 11.0. The van der Waals surface area contributed by atoms with Gasteiger partial charge in [0.1, 0.15) is 5.82 Å². The van der Waals surface area contributed by atoms with Crippen LogP contribution in [-0.2, 0) is 0 Å². The van der Waals surface area contributed by atoms with E-state index in [1.165, 1.54) is 4.68 Å². The van der Waals surface area contributed by atoms with Gasteiger partial charge in [-0.2, -0.15) is 0 Å². The van der Waals surface area contributed by atoms with Crippen LogP contribution in [0.5, 0.6) is 0 Å². The Labute approximate surface area is 115 Å². The number of aromatic nitrogens is 3. The normalized spacial score (nSPS) is 11.0. The summed E-state index contributed by atoms with van der Waals surface area (Å²) < 4.78 is 1.50. The van der Waals surface area contributed by atoms with Crippen LogP contribution in [0.1, 0.15) is 41.8 Å². The molecule has 2 aromatic rings. The molecule has 19 heavy (non-hydrogen) atoms. The van der Waals surface area contributed by atoms with Crippen LogP contribution in [0.15, 0.2) is 18.2 Å². The number of hydrogen-bond acceptors (Lipinski definition) is 3. The van der Waals surface area contributed by atoms with E-state index in [2.05, 4.69) is 10.1 Å². The summed E-state index contributed by atoms with van der Waals surface area (Å²) >= 11 is 6.19. The molecule has 0 bridgehead atoms. The molecule has 0 aliphatic heterocycles. The van der Waals surface area contributed by atoms with Gasteiger partial charge in [0.25, 0.3) is 5.82 Å². The molecule has 6 heteroatoms. The van der Waals surface area contributed by atoms with Gasteiger partial charge < -0.3 is 5.11 Å². The van der Waals surface area contributed by atoms with Crippen LogP contribution in [0.3, 0.4) is 0 Å². The molecule has 1 aromatic carbocycles. The first-order valence-electron chi connectivity index (χ1n) is 5.87. The monoisotopic (exact) mass is 279 g/mol. The van der Waals surface area contributed by atoms with E-state index in [-0.39, 0.29) is 11.7 Å². The number of carboxylic acids is 1. The molecule has 0 amide bonds. The quantitative estimate of drug-likeness (QED) is 0.937. The zero-order valence-corrected chi connectivity index (χ0v) is 11.6. The number of hydrogen-bond donors (Lipinski definition) is 1. The summed E-state index contributed by atoms with van der Waals surface area (Å²) in [6, 6.07) is 5.51. The highest BCUT2D eigenvalue weighted by atomic mass is 35.5. The molecule has 0 aliphatic carbocycles. The number of halogens is 1. The molecule has 2 rings (SSSR count). The van der Waals surface area contributed by atoms with Crippen molar-refractivity contribution in [3.63, 3.8) is 0 Å². The maximum Gasteiger partial charge on any atom is 0.375 e. The molecule has 0 saturated carbocycles. The fourth-order valence-electron chi connectivity index (χ4n) is 1.75. The van der Waals surface area contributed by atoms with Gasteiger partial charge in [0.15, 0.2) is 0 Å². The molecule has 1 heterocycles. The van der Waals surface area contributed by atoms with Crippen LogP contribution < -0.4 is 0 Å². The Bertz CT molecular complexity index is 635. The highest BCUT2D eigenvalue weighted by Gasteiger charge is 2.19. The van der Waals surface area contributed by atoms with Crippen LogP contribution in [0.25, 0.3) is 5.69 Å². The minimum atomic E-state index is -1.15. The summed E-state index contributed by atoms with van der Waals surface area (Å²) in [6.45, 7) is 5.78. The molecule has 0 aliphatic rings. The van der Waals surface area contributed by atoms with Crippen molar-refractivity contribution in [2.75, 3.05) is 0 Å². The second-order valence-electron chi connectivity index (χ2n) is 4.62. The van der Waals surface area contributed by atoms with Crippen LogP contribution in [0, 0.1) is 6.92 Å². The van der Waals surface area contributed by atoms with Crippen LogP contribution in [0.2, 0.25) is 5.02 Å². The van der Waals surface area contributed by atoms with Crippen molar-refractivity contribution in [2.45, 2.75) is 26.7 Å². The van der Waals surface area contributed by atoms with Gasteiger partial charge in [0.2, 0.25) is 0 Å². The van der Waals surface area contributed by atoms with E-state index in [9.17, 15) is 4.79 Å². The highest BCUT2D eigenvalue weighted by Crippen LogP contribution is 2.24. The van der Waals surface area contributed by atoms with Crippen molar-refractivity contribution in [3.05, 3.63) is 40.4 Å². The van der Waals surface area contributed by atoms with Crippen molar-refractivity contribution in [1.29, 1.82) is 0 Å². The van der Waals surface area contributed by atoms with Gasteiger partial charge in [-0.05, 0) is 24.6 Å². The average Bonchev–Trinajstić information content (AvgIpc) is 2.73. The van der Waals surface area contributed by atoms with E-state index in [1.54, 1.807) is 0 Å². The number of benzene rings is 1. The first-order valence-corrected chi connectivity index (χ1v) is 6.24. The Morgan fingerprint density at radius 3 is 2.63 bits per heavy atom. The molecular formula is C13H14ClN3O2. The van der Waals surface area contributed by atoms with E-state index >= 15 is 0 Å². The van der Waals surface area contributed by atoms with Crippen molar-refractivity contribution >= 4 is 17.6 Å². The fraction of sp³-hybridized carbons (Fsp3) is 0.308. The number of carbonyl (C=O) groups is 1. The lowest BCUT2D eigenvalue weighted by Crippen LogP contribution is -2.05. The Hall–Kier alpha value is -1.88. The highest BCUT2D eigenvalue weighted by molar-refractivity contribution is 6.32. The van der Waals surface area contributed by atoms with Crippen LogP contribution in [0.4, 0.5) is 0 Å². The molecule has 0 fully saturated rings. The SMILES string of the molecule is Cc1ccc(-n2nc(C(=O)O)nc2C(C)C)c(Cl)c1. The Morgan fingerprint density at radius 2 is 2.11 bits per heavy atom. The summed E-state index contributed by atoms with van der Waals surface area (Å²) in [5.74, 6) is -0.759. The Kier molecular flexibility index (Phi) is 3.57. The van der Waals surface area contributed by atoms with E-state index < -0.39 is 5.97 Å². The Morgan fingerprint density at radius 1 is 1.42 bits per heavy atom. The van der Waals surface area contributed by atoms with E-state index in [1.807, 2.05) is 39.0 Å². The lowest BCUT2D eigenvalue weighted by atomic mass is 10.2. The average molecular weight is 280 g/mol. The number of carboxylic acid groups (broad SMARTS) is 1. The summed E-state index contributed by atoms with van der Waals surface area (Å²) in [5.41, 5.74) is 1.66. The number of aryl methyl sites for hydroxylation is 1. The van der Waals surface area contributed by atoms with Crippen molar-refractivity contribution in [1.82, 2.24) is 14.8 Å². The van der Waals surface area contributed by atoms with Gasteiger partial charge in [-0.25, -0.2) is 14.5 Å². The minimum absolute atomic E-state index is 0.0398. The van der Waals surface area contributed by atoms with Crippen molar-refractivity contribution in [3.8, 4) is 5.69 Å². The molecule has 0 radical (unpaired) electrons. The van der Waals surface area contributed by atoms with Gasteiger partial charge in [-0.3, -0.25) is 0 Å². The second kappa shape index (κ2) is 5.01. The third kappa shape index (κ3) is 2.61. The lowest BCUT2D eigenvalue weighted by molar-refractivity contribution is 0.0683. The van der Waals surface area contributed by atoms with Gasteiger partial charge >= 0.3 is 5.97 Å². The molecule has 1 N–H and O–H groups in total. The number of nitrogens with zero attached hydrogens (tertiary/aromatic N) is 3. The summed E-state index contributed by atoms with van der Waals surface area (Å²) in [6.07, 6.45) is 0. The zero-order chi connectivity index (χ0) is 14.2. The summed E-state index contributed by atoms with van der Waals surface area (Å²) in [5, 5.41) is 13.5. The van der Waals surface area contributed by atoms with Crippen LogP contribution >= 0.6 is 11.6 Å². The maximum atomic E-state index is 11.0. The molecule has 0 saturated heterocycles. The Balaban J connectivity index is 2.63. The van der Waals surface area contributed by atoms with Crippen LogP contribution in [-0.4, -0.2) is 25.8 Å². The van der Waals surface area contributed by atoms with E-state index in [0.29, 0.717) is 16.5 Å². The van der Waals surface area contributed by atoms with Crippen molar-refractivity contribution < 1.29 is 9.90 Å². The third-order valence-electron chi connectivity index (χ3n) is 2.67. The third-order valence-corrected chi connectivity index (χ3v) is 2.97. The smallest absolute Gasteiger partial charge is 0.375 e. The minimum Gasteiger partial charge on any atom is -0.475 e. The fourth-order valence-corrected chi connectivity index (χ4v) is 2.06. The van der Waals surface area contributed by atoms with Gasteiger partial charge in [-0.15, -0.1) is 5.10 Å². The van der Waals surface area contributed by atoms with Gasteiger partial charge in [0.05, 0.1) is 10.7 Å². The predicted octanol–water partition coefficient (Wildman–Crippen LogP) is 3.05. The molecule has 5 nitrogen and oxygen atoms in total. The van der Waals surface area contributed by atoms with Gasteiger partial charge in [-0.1, -0.05) is 31.5 Å². The van der Waals surface area contributed by atoms with Gasteiger partial charge in [0, 0.05) is 5.92 Å². The van der Waals surface area contributed by atoms with E-state index in [0.717, 1.165) is 5.56 Å². The summed E-state index contributed by atoms with van der Waals surface area (Å²) in [7, 11) is 0. The molecule has 100 valence electrons. The zero-order valence-electron chi connectivity index (χ0n) is 10.9. The van der Waals surface area contributed by atoms with Crippen molar-refractivity contribution in [2.24, 2.45) is 0 Å². The standard InChI is InChI=1S/C13H14ClN3O2/c1-7(2)12-15-11(13(18)19)16-17(12)10-5-4-8(3)6-9(10)14/h4-7H,1-3H3,(H,18,19). The largest absolute Gasteiger partial charge is 0.475 e. The molecule has 1 aromatic heterocycles. The van der Waals surface area contributed by atoms with E-state index in [4.69, 9.17) is 16.7 Å². The first-order chi connectivity index (χ1) is 8.90. The summed E-state index contributed by atoms with van der Waals surface area (Å²) in [4.78, 5) is 15.0. The molecule has 0 spiro atoms. The lowest BCUT2D eigenvalue weighted by Gasteiger charge is -2.10. The molecular weight excluding hydrogens is 266 g/mol.